The number of hydrogen-bond acceptors (Lipinski definition) is 4. The third kappa shape index (κ3) is 6.21. The second-order valence-corrected chi connectivity index (χ2v) is 9.05. The van der Waals surface area contributed by atoms with Crippen LogP contribution in [0.5, 0.6) is 0 Å². The van der Waals surface area contributed by atoms with Crippen molar-refractivity contribution < 1.29 is 22.0 Å². The molecule has 1 aromatic heterocycles. The number of halogens is 2. The smallest absolute Gasteiger partial charge is 0.240 e. The van der Waals surface area contributed by atoms with Gasteiger partial charge in [0.05, 0.1) is 10.6 Å². The van der Waals surface area contributed by atoms with Crippen LogP contribution in [-0.4, -0.2) is 49.6 Å². The highest BCUT2D eigenvalue weighted by Gasteiger charge is 2.17. The Morgan fingerprint density at radius 1 is 1.09 bits per heavy atom. The van der Waals surface area contributed by atoms with Crippen LogP contribution in [0.1, 0.15) is 18.5 Å². The van der Waals surface area contributed by atoms with Crippen molar-refractivity contribution in [3.05, 3.63) is 71.9 Å². The zero-order valence-electron chi connectivity index (χ0n) is 17.5. The SMILES string of the molecule is CN(CCCc1cc(-c2ccccc2)n[nH]1)C(=O)CCNS(=O)(=O)c1ccc(F)c(F)c1. The van der Waals surface area contributed by atoms with Gasteiger partial charge in [0, 0.05) is 37.8 Å². The molecule has 0 fully saturated rings. The number of hydrogen-bond donors (Lipinski definition) is 2. The van der Waals surface area contributed by atoms with Crippen LogP contribution in [0.3, 0.4) is 0 Å². The van der Waals surface area contributed by atoms with Crippen LogP contribution >= 0.6 is 0 Å². The third-order valence-corrected chi connectivity index (χ3v) is 6.36. The number of H-pyrrole nitrogens is 1. The van der Waals surface area contributed by atoms with Gasteiger partial charge in [0.25, 0.3) is 0 Å². The molecule has 170 valence electrons. The summed E-state index contributed by atoms with van der Waals surface area (Å²) in [6.07, 6.45) is 1.36. The zero-order chi connectivity index (χ0) is 23.1. The second kappa shape index (κ2) is 10.5. The van der Waals surface area contributed by atoms with Crippen LogP contribution in [0.4, 0.5) is 8.78 Å². The highest BCUT2D eigenvalue weighted by atomic mass is 32.2. The van der Waals surface area contributed by atoms with E-state index in [1.165, 1.54) is 4.90 Å². The Balaban J connectivity index is 1.41. The predicted molar refractivity (Wildman–Crippen MR) is 116 cm³/mol. The fourth-order valence-electron chi connectivity index (χ4n) is 3.09. The lowest BCUT2D eigenvalue weighted by Gasteiger charge is -2.17. The monoisotopic (exact) mass is 462 g/mol. The van der Waals surface area contributed by atoms with E-state index >= 15 is 0 Å². The molecule has 0 aliphatic heterocycles. The maximum absolute atomic E-state index is 13.3. The summed E-state index contributed by atoms with van der Waals surface area (Å²) in [5, 5.41) is 7.30. The Kier molecular flexibility index (Phi) is 7.70. The number of aromatic nitrogens is 2. The second-order valence-electron chi connectivity index (χ2n) is 7.29. The highest BCUT2D eigenvalue weighted by Crippen LogP contribution is 2.17. The zero-order valence-corrected chi connectivity index (χ0v) is 18.3. The van der Waals surface area contributed by atoms with E-state index < -0.39 is 26.6 Å². The van der Waals surface area contributed by atoms with E-state index in [-0.39, 0.29) is 18.9 Å². The van der Waals surface area contributed by atoms with Crippen LogP contribution in [0.25, 0.3) is 11.3 Å². The van der Waals surface area contributed by atoms with Gasteiger partial charge in [-0.1, -0.05) is 30.3 Å². The molecule has 2 N–H and O–H groups in total. The third-order valence-electron chi connectivity index (χ3n) is 4.90. The fraction of sp³-hybridized carbons (Fsp3) is 0.273. The molecule has 1 amide bonds. The lowest BCUT2D eigenvalue weighted by molar-refractivity contribution is -0.129. The van der Waals surface area contributed by atoms with Crippen molar-refractivity contribution in [3.63, 3.8) is 0 Å². The van der Waals surface area contributed by atoms with Crippen molar-refractivity contribution >= 4 is 15.9 Å². The summed E-state index contributed by atoms with van der Waals surface area (Å²) in [4.78, 5) is 13.4. The minimum atomic E-state index is -4.03. The summed E-state index contributed by atoms with van der Waals surface area (Å²) in [7, 11) is -2.39. The molecule has 0 aliphatic carbocycles. The maximum atomic E-state index is 13.3. The minimum absolute atomic E-state index is 0.0539. The van der Waals surface area contributed by atoms with E-state index in [1.54, 1.807) is 7.05 Å². The van der Waals surface area contributed by atoms with E-state index in [0.29, 0.717) is 25.5 Å². The first-order chi connectivity index (χ1) is 15.3. The van der Waals surface area contributed by atoms with Crippen molar-refractivity contribution in [1.82, 2.24) is 19.8 Å². The van der Waals surface area contributed by atoms with Crippen LogP contribution < -0.4 is 4.72 Å². The quantitative estimate of drug-likeness (QED) is 0.484. The van der Waals surface area contributed by atoms with E-state index in [9.17, 15) is 22.0 Å². The summed E-state index contributed by atoms with van der Waals surface area (Å²) < 4.78 is 52.8. The van der Waals surface area contributed by atoms with Gasteiger partial charge < -0.3 is 4.90 Å². The molecule has 0 spiro atoms. The maximum Gasteiger partial charge on any atom is 0.240 e. The number of rotatable bonds is 10. The summed E-state index contributed by atoms with van der Waals surface area (Å²) >= 11 is 0. The number of aryl methyl sites for hydroxylation is 1. The molecular formula is C22H24F2N4O3S. The molecule has 0 unspecified atom stereocenters. The molecule has 0 radical (unpaired) electrons. The Labute approximate surface area is 185 Å². The topological polar surface area (TPSA) is 95.2 Å². The van der Waals surface area contributed by atoms with Gasteiger partial charge in [-0.25, -0.2) is 21.9 Å². The molecule has 0 saturated heterocycles. The average Bonchev–Trinajstić information content (AvgIpc) is 3.25. The highest BCUT2D eigenvalue weighted by molar-refractivity contribution is 7.89. The van der Waals surface area contributed by atoms with Gasteiger partial charge in [-0.2, -0.15) is 5.10 Å². The number of carbonyl (C=O) groups is 1. The molecule has 7 nitrogen and oxygen atoms in total. The first-order valence-corrected chi connectivity index (χ1v) is 11.5. The molecule has 0 aliphatic rings. The number of nitrogens with zero attached hydrogens (tertiary/aromatic N) is 2. The number of carbonyl (C=O) groups excluding carboxylic acids is 1. The molecule has 1 heterocycles. The van der Waals surface area contributed by atoms with Crippen molar-refractivity contribution in [2.45, 2.75) is 24.2 Å². The van der Waals surface area contributed by atoms with Crippen molar-refractivity contribution in [1.29, 1.82) is 0 Å². The molecule has 3 aromatic rings. The first kappa shape index (κ1) is 23.6. The standard InChI is InChI=1S/C22H24F2N4O3S/c1-28(13-5-8-17-14-21(27-26-17)16-6-3-2-4-7-16)22(29)11-12-25-32(30,31)18-9-10-19(23)20(24)15-18/h2-4,6-7,9-10,14-15,25H,5,8,11-13H2,1H3,(H,26,27). The Bertz CT molecular complexity index is 1170. The molecular weight excluding hydrogens is 438 g/mol. The number of sulfonamides is 1. The summed E-state index contributed by atoms with van der Waals surface area (Å²) in [5.74, 6) is -2.61. The molecule has 3 rings (SSSR count). The number of nitrogens with one attached hydrogen (secondary N) is 2. The number of amides is 1. The van der Waals surface area contributed by atoms with Gasteiger partial charge in [-0.15, -0.1) is 0 Å². The van der Waals surface area contributed by atoms with Crippen LogP contribution in [0.2, 0.25) is 0 Å². The van der Waals surface area contributed by atoms with Gasteiger partial charge in [0.15, 0.2) is 11.6 Å². The molecule has 0 atom stereocenters. The number of aromatic amines is 1. The molecule has 2 aromatic carbocycles. The molecule has 0 bridgehead atoms. The summed E-state index contributed by atoms with van der Waals surface area (Å²) in [5.41, 5.74) is 2.84. The van der Waals surface area contributed by atoms with Gasteiger partial charge >= 0.3 is 0 Å². The van der Waals surface area contributed by atoms with E-state index in [1.807, 2.05) is 36.4 Å². The van der Waals surface area contributed by atoms with Crippen LogP contribution in [0, 0.1) is 11.6 Å². The molecule has 0 saturated carbocycles. The van der Waals surface area contributed by atoms with Gasteiger partial charge in [0.2, 0.25) is 15.9 Å². The van der Waals surface area contributed by atoms with Crippen molar-refractivity contribution in [2.75, 3.05) is 20.1 Å². The number of benzene rings is 2. The minimum Gasteiger partial charge on any atom is -0.346 e. The van der Waals surface area contributed by atoms with Gasteiger partial charge in [-0.3, -0.25) is 9.89 Å². The summed E-state index contributed by atoms with van der Waals surface area (Å²) in [6.45, 7) is 0.347. The van der Waals surface area contributed by atoms with Crippen LogP contribution in [0.15, 0.2) is 59.5 Å². The van der Waals surface area contributed by atoms with Crippen molar-refractivity contribution in [2.24, 2.45) is 0 Å². The predicted octanol–water partition coefficient (Wildman–Crippen LogP) is 3.11. The Morgan fingerprint density at radius 2 is 1.84 bits per heavy atom. The van der Waals surface area contributed by atoms with E-state index in [0.717, 1.165) is 29.1 Å². The van der Waals surface area contributed by atoms with Gasteiger partial charge in [0.1, 0.15) is 0 Å². The fourth-order valence-corrected chi connectivity index (χ4v) is 4.13. The Hall–Kier alpha value is -3.11. The average molecular weight is 463 g/mol. The Morgan fingerprint density at radius 3 is 2.56 bits per heavy atom. The van der Waals surface area contributed by atoms with E-state index in [4.69, 9.17) is 0 Å². The lowest BCUT2D eigenvalue weighted by Crippen LogP contribution is -2.32. The first-order valence-electron chi connectivity index (χ1n) is 10.0. The van der Waals surface area contributed by atoms with E-state index in [2.05, 4.69) is 14.9 Å². The molecule has 32 heavy (non-hydrogen) atoms. The molecule has 10 heteroatoms. The van der Waals surface area contributed by atoms with Crippen LogP contribution in [-0.2, 0) is 21.2 Å². The van der Waals surface area contributed by atoms with Gasteiger partial charge in [-0.05, 0) is 37.1 Å². The lowest BCUT2D eigenvalue weighted by atomic mass is 10.1. The van der Waals surface area contributed by atoms with Crippen molar-refractivity contribution in [3.8, 4) is 11.3 Å². The summed E-state index contributed by atoms with van der Waals surface area (Å²) in [6, 6.07) is 14.1. The largest absolute Gasteiger partial charge is 0.346 e. The normalized spacial score (nSPS) is 11.5.